The molecule has 2 aromatic carbocycles. The molecule has 112 valence electrons. The van der Waals surface area contributed by atoms with Gasteiger partial charge in [0, 0.05) is 17.0 Å². The molecular formula is C19H25NO. The van der Waals surface area contributed by atoms with E-state index < -0.39 is 0 Å². The van der Waals surface area contributed by atoms with E-state index in [-0.39, 0.29) is 6.04 Å². The van der Waals surface area contributed by atoms with Gasteiger partial charge >= 0.3 is 0 Å². The average molecular weight is 283 g/mol. The van der Waals surface area contributed by atoms with Gasteiger partial charge in [0.05, 0.1) is 0 Å². The van der Waals surface area contributed by atoms with E-state index >= 15 is 0 Å². The molecule has 3 unspecified atom stereocenters. The van der Waals surface area contributed by atoms with Gasteiger partial charge in [0.15, 0.2) is 0 Å². The van der Waals surface area contributed by atoms with Crippen molar-refractivity contribution in [1.82, 2.24) is 5.32 Å². The van der Waals surface area contributed by atoms with Crippen LogP contribution >= 0.6 is 0 Å². The maximum atomic E-state index is 10.5. The largest absolute Gasteiger partial charge is 0.507 e. The highest BCUT2D eigenvalue weighted by Crippen LogP contribution is 2.34. The van der Waals surface area contributed by atoms with Gasteiger partial charge in [-0.3, -0.25) is 0 Å². The number of hydrogen-bond acceptors (Lipinski definition) is 2. The molecule has 0 bridgehead atoms. The summed E-state index contributed by atoms with van der Waals surface area (Å²) in [5, 5.41) is 16.2. The van der Waals surface area contributed by atoms with Crippen LogP contribution < -0.4 is 5.32 Å². The van der Waals surface area contributed by atoms with E-state index in [9.17, 15) is 5.11 Å². The van der Waals surface area contributed by atoms with Crippen molar-refractivity contribution in [3.8, 4) is 5.75 Å². The fourth-order valence-corrected chi connectivity index (χ4v) is 3.58. The number of phenolic OH excluding ortho intramolecular Hbond substituents is 1. The van der Waals surface area contributed by atoms with Crippen LogP contribution in [0.3, 0.4) is 0 Å². The molecule has 2 aromatic rings. The minimum atomic E-state index is 0.183. The Hall–Kier alpha value is -1.54. The average Bonchev–Trinajstić information content (AvgIpc) is 2.91. The minimum absolute atomic E-state index is 0.183. The summed E-state index contributed by atoms with van der Waals surface area (Å²) in [7, 11) is 0. The first kappa shape index (κ1) is 14.4. The van der Waals surface area contributed by atoms with Crippen LogP contribution in [0.15, 0.2) is 36.4 Å². The summed E-state index contributed by atoms with van der Waals surface area (Å²) < 4.78 is 0. The lowest BCUT2D eigenvalue weighted by atomic mass is 9.96. The topological polar surface area (TPSA) is 32.3 Å². The lowest BCUT2D eigenvalue weighted by Crippen LogP contribution is -2.27. The quantitative estimate of drug-likeness (QED) is 0.857. The molecule has 2 heteroatoms. The number of fused-ring (bicyclic) bond motifs is 1. The number of hydrogen-bond donors (Lipinski definition) is 2. The first-order valence-corrected chi connectivity index (χ1v) is 8.11. The molecule has 0 aromatic heterocycles. The molecule has 1 aliphatic rings. The van der Waals surface area contributed by atoms with Gasteiger partial charge in [-0.05, 0) is 37.1 Å². The standard InChI is InChI=1S/C19H25NO/c1-13-6-5-8-16(13)12-20-14(2)17-11-10-15-7-3-4-9-18(15)19(17)21/h3-4,7,9-11,13-14,16,20-21H,5-6,8,12H2,1-2H3. The molecule has 1 fully saturated rings. The second-order valence-corrected chi connectivity index (χ2v) is 6.52. The first-order chi connectivity index (χ1) is 10.2. The van der Waals surface area contributed by atoms with Crippen LogP contribution in [0, 0.1) is 11.8 Å². The van der Waals surface area contributed by atoms with Gasteiger partial charge in [0.25, 0.3) is 0 Å². The summed E-state index contributed by atoms with van der Waals surface area (Å²) in [6.45, 7) is 5.55. The van der Waals surface area contributed by atoms with Crippen molar-refractivity contribution in [1.29, 1.82) is 0 Å². The highest BCUT2D eigenvalue weighted by atomic mass is 16.3. The highest BCUT2D eigenvalue weighted by Gasteiger charge is 2.23. The molecule has 21 heavy (non-hydrogen) atoms. The van der Waals surface area contributed by atoms with E-state index in [0.717, 1.165) is 34.7 Å². The van der Waals surface area contributed by atoms with E-state index in [2.05, 4.69) is 25.2 Å². The van der Waals surface area contributed by atoms with E-state index in [0.29, 0.717) is 5.75 Å². The van der Waals surface area contributed by atoms with Crippen LogP contribution in [0.1, 0.15) is 44.7 Å². The Kier molecular flexibility index (Phi) is 4.16. The van der Waals surface area contributed by atoms with Crippen LogP contribution in [0.25, 0.3) is 10.8 Å². The van der Waals surface area contributed by atoms with Crippen LogP contribution in [-0.2, 0) is 0 Å². The maximum Gasteiger partial charge on any atom is 0.128 e. The summed E-state index contributed by atoms with van der Waals surface area (Å²) >= 11 is 0. The Morgan fingerprint density at radius 2 is 2.00 bits per heavy atom. The summed E-state index contributed by atoms with van der Waals surface area (Å²) in [4.78, 5) is 0. The van der Waals surface area contributed by atoms with E-state index in [1.807, 2.05) is 30.3 Å². The molecule has 1 saturated carbocycles. The Bertz CT molecular complexity index is 622. The van der Waals surface area contributed by atoms with E-state index in [1.165, 1.54) is 19.3 Å². The molecule has 0 radical (unpaired) electrons. The smallest absolute Gasteiger partial charge is 0.128 e. The van der Waals surface area contributed by atoms with Gasteiger partial charge < -0.3 is 10.4 Å². The molecule has 0 heterocycles. The molecule has 0 amide bonds. The van der Waals surface area contributed by atoms with Crippen LogP contribution in [0.2, 0.25) is 0 Å². The number of aromatic hydroxyl groups is 1. The predicted octanol–water partition coefficient (Wildman–Crippen LogP) is 4.63. The second kappa shape index (κ2) is 6.07. The maximum absolute atomic E-state index is 10.5. The van der Waals surface area contributed by atoms with Crippen molar-refractivity contribution >= 4 is 10.8 Å². The normalized spacial score (nSPS) is 23.5. The fourth-order valence-electron chi connectivity index (χ4n) is 3.58. The van der Waals surface area contributed by atoms with Crippen LogP contribution in [0.4, 0.5) is 0 Å². The van der Waals surface area contributed by atoms with Gasteiger partial charge in [-0.1, -0.05) is 56.2 Å². The van der Waals surface area contributed by atoms with Gasteiger partial charge in [-0.2, -0.15) is 0 Å². The Morgan fingerprint density at radius 3 is 2.76 bits per heavy atom. The molecule has 2 nitrogen and oxygen atoms in total. The number of benzene rings is 2. The molecule has 3 atom stereocenters. The van der Waals surface area contributed by atoms with Crippen molar-refractivity contribution in [2.75, 3.05) is 6.54 Å². The first-order valence-electron chi connectivity index (χ1n) is 8.11. The van der Waals surface area contributed by atoms with Gasteiger partial charge in [-0.15, -0.1) is 0 Å². The SMILES string of the molecule is CC(NCC1CCCC1C)c1ccc2ccccc2c1O. The molecule has 0 saturated heterocycles. The molecule has 2 N–H and O–H groups in total. The third-order valence-corrected chi connectivity index (χ3v) is 5.12. The summed E-state index contributed by atoms with van der Waals surface area (Å²) in [6.07, 6.45) is 4.07. The number of rotatable bonds is 4. The van der Waals surface area contributed by atoms with E-state index in [4.69, 9.17) is 0 Å². The fraction of sp³-hybridized carbons (Fsp3) is 0.474. The van der Waals surface area contributed by atoms with Crippen LogP contribution in [0.5, 0.6) is 5.75 Å². The molecule has 3 rings (SSSR count). The lowest BCUT2D eigenvalue weighted by molar-refractivity contribution is 0.371. The molecule has 0 spiro atoms. The van der Waals surface area contributed by atoms with Gasteiger partial charge in [0.1, 0.15) is 5.75 Å². The van der Waals surface area contributed by atoms with Crippen molar-refractivity contribution < 1.29 is 5.11 Å². The summed E-state index contributed by atoms with van der Waals surface area (Å²) in [5.41, 5.74) is 0.999. The van der Waals surface area contributed by atoms with E-state index in [1.54, 1.807) is 0 Å². The van der Waals surface area contributed by atoms with Crippen molar-refractivity contribution in [2.45, 2.75) is 39.2 Å². The third kappa shape index (κ3) is 2.91. The number of nitrogens with one attached hydrogen (secondary N) is 1. The Balaban J connectivity index is 1.75. The Labute approximate surface area is 127 Å². The van der Waals surface area contributed by atoms with Gasteiger partial charge in [-0.25, -0.2) is 0 Å². The second-order valence-electron chi connectivity index (χ2n) is 6.52. The van der Waals surface area contributed by atoms with Crippen molar-refractivity contribution in [2.24, 2.45) is 11.8 Å². The molecular weight excluding hydrogens is 258 g/mol. The van der Waals surface area contributed by atoms with Gasteiger partial charge in [0.2, 0.25) is 0 Å². The summed E-state index contributed by atoms with van der Waals surface area (Å²) in [5.74, 6) is 2.04. The minimum Gasteiger partial charge on any atom is -0.507 e. The van der Waals surface area contributed by atoms with Crippen molar-refractivity contribution in [3.05, 3.63) is 42.0 Å². The zero-order valence-corrected chi connectivity index (χ0v) is 13.0. The monoisotopic (exact) mass is 283 g/mol. The van der Waals surface area contributed by atoms with Crippen molar-refractivity contribution in [3.63, 3.8) is 0 Å². The number of phenols is 1. The predicted molar refractivity (Wildman–Crippen MR) is 88.5 cm³/mol. The lowest BCUT2D eigenvalue weighted by Gasteiger charge is -2.21. The molecule has 1 aliphatic carbocycles. The highest BCUT2D eigenvalue weighted by molar-refractivity contribution is 5.89. The zero-order chi connectivity index (χ0) is 14.8. The molecule has 0 aliphatic heterocycles. The third-order valence-electron chi connectivity index (χ3n) is 5.12. The van der Waals surface area contributed by atoms with Crippen LogP contribution in [-0.4, -0.2) is 11.7 Å². The Morgan fingerprint density at radius 1 is 1.19 bits per heavy atom. The summed E-state index contributed by atoms with van der Waals surface area (Å²) in [6, 6.07) is 12.3. The zero-order valence-electron chi connectivity index (χ0n) is 13.0.